The Labute approximate surface area is 141 Å². The molecule has 0 radical (unpaired) electrons. The van der Waals surface area contributed by atoms with Gasteiger partial charge in [-0.3, -0.25) is 4.79 Å². The van der Waals surface area contributed by atoms with Gasteiger partial charge >= 0.3 is 5.97 Å². The van der Waals surface area contributed by atoms with Crippen LogP contribution in [0.15, 0.2) is 42.5 Å². The number of aryl methyl sites for hydroxylation is 1. The highest BCUT2D eigenvalue weighted by Crippen LogP contribution is 2.22. The number of carbonyl (C=O) groups excluding carboxylic acids is 2. The first-order valence-electron chi connectivity index (χ1n) is 7.50. The zero-order chi connectivity index (χ0) is 17.7. The zero-order valence-electron chi connectivity index (χ0n) is 14.2. The van der Waals surface area contributed by atoms with Crippen LogP contribution in [0.2, 0.25) is 0 Å². The van der Waals surface area contributed by atoms with Crippen LogP contribution in [0.4, 0.5) is 0 Å². The summed E-state index contributed by atoms with van der Waals surface area (Å²) in [4.78, 5) is 24.7. The van der Waals surface area contributed by atoms with Crippen LogP contribution in [0, 0.1) is 6.92 Å². The molecule has 0 bridgehead atoms. The molecule has 0 aromatic heterocycles. The van der Waals surface area contributed by atoms with Gasteiger partial charge in [0.25, 0.3) is 0 Å². The number of esters is 1. The molecule has 2 aromatic rings. The fourth-order valence-corrected chi connectivity index (χ4v) is 2.25. The molecule has 0 N–H and O–H groups in total. The molecule has 2 aromatic carbocycles. The maximum Gasteiger partial charge on any atom is 0.342 e. The summed E-state index contributed by atoms with van der Waals surface area (Å²) in [7, 11) is 3.03. The summed E-state index contributed by atoms with van der Waals surface area (Å²) in [6.07, 6.45) is -0.906. The second kappa shape index (κ2) is 7.64. The van der Waals surface area contributed by atoms with Crippen LogP contribution < -0.4 is 9.47 Å². The number of benzene rings is 2. The average Bonchev–Trinajstić information content (AvgIpc) is 2.61. The highest BCUT2D eigenvalue weighted by Gasteiger charge is 2.22. The molecule has 0 fully saturated rings. The van der Waals surface area contributed by atoms with Crippen molar-refractivity contribution < 1.29 is 23.8 Å². The maximum absolute atomic E-state index is 12.4. The Morgan fingerprint density at radius 1 is 0.958 bits per heavy atom. The molecular weight excluding hydrogens is 308 g/mol. The van der Waals surface area contributed by atoms with E-state index in [4.69, 9.17) is 14.2 Å². The van der Waals surface area contributed by atoms with E-state index in [1.807, 2.05) is 13.0 Å². The molecule has 0 saturated heterocycles. The lowest BCUT2D eigenvalue weighted by atomic mass is 10.1. The predicted molar refractivity (Wildman–Crippen MR) is 89.9 cm³/mol. The summed E-state index contributed by atoms with van der Waals surface area (Å²) in [5.41, 5.74) is 1.65. The lowest BCUT2D eigenvalue weighted by Crippen LogP contribution is -2.24. The first kappa shape index (κ1) is 17.5. The molecule has 5 heteroatoms. The summed E-state index contributed by atoms with van der Waals surface area (Å²) in [6.45, 7) is 3.41. The molecule has 0 unspecified atom stereocenters. The number of methoxy groups -OCH3 is 2. The van der Waals surface area contributed by atoms with E-state index in [9.17, 15) is 9.59 Å². The number of carbonyl (C=O) groups is 2. The number of rotatable bonds is 6. The summed E-state index contributed by atoms with van der Waals surface area (Å²) >= 11 is 0. The fraction of sp³-hybridized carbons (Fsp3) is 0.263. The van der Waals surface area contributed by atoms with Gasteiger partial charge in [-0.05, 0) is 50.2 Å². The number of Topliss-reactive ketones (excluding diaryl/α,β-unsaturated/α-hetero) is 1. The van der Waals surface area contributed by atoms with Crippen molar-refractivity contribution in [3.8, 4) is 11.5 Å². The van der Waals surface area contributed by atoms with Crippen molar-refractivity contribution in [3.63, 3.8) is 0 Å². The van der Waals surface area contributed by atoms with E-state index in [2.05, 4.69) is 0 Å². The molecule has 0 saturated carbocycles. The third-order valence-electron chi connectivity index (χ3n) is 3.60. The van der Waals surface area contributed by atoms with Crippen LogP contribution in [0.25, 0.3) is 0 Å². The largest absolute Gasteiger partial charge is 0.497 e. The van der Waals surface area contributed by atoms with Crippen LogP contribution in [0.1, 0.15) is 33.2 Å². The number of ether oxygens (including phenoxy) is 3. The smallest absolute Gasteiger partial charge is 0.342 e. The van der Waals surface area contributed by atoms with E-state index in [1.54, 1.807) is 50.4 Å². The van der Waals surface area contributed by atoms with Crippen LogP contribution in [0.3, 0.4) is 0 Å². The third-order valence-corrected chi connectivity index (χ3v) is 3.60. The van der Waals surface area contributed by atoms with Gasteiger partial charge in [-0.2, -0.15) is 0 Å². The molecule has 0 amide bonds. The predicted octanol–water partition coefficient (Wildman–Crippen LogP) is 3.44. The summed E-state index contributed by atoms with van der Waals surface area (Å²) < 4.78 is 15.5. The molecule has 1 atom stereocenters. The highest BCUT2D eigenvalue weighted by molar-refractivity contribution is 6.02. The topological polar surface area (TPSA) is 61.8 Å². The third kappa shape index (κ3) is 3.93. The minimum atomic E-state index is -0.906. The Morgan fingerprint density at radius 3 is 2.21 bits per heavy atom. The van der Waals surface area contributed by atoms with Gasteiger partial charge in [0, 0.05) is 5.56 Å². The molecule has 0 aliphatic carbocycles. The van der Waals surface area contributed by atoms with Gasteiger partial charge in [-0.1, -0.05) is 11.6 Å². The van der Waals surface area contributed by atoms with Gasteiger partial charge in [0.15, 0.2) is 6.10 Å². The van der Waals surface area contributed by atoms with E-state index in [0.717, 1.165) is 5.56 Å². The molecule has 0 spiro atoms. The Balaban J connectivity index is 2.13. The zero-order valence-corrected chi connectivity index (χ0v) is 14.2. The quantitative estimate of drug-likeness (QED) is 0.600. The Kier molecular flexibility index (Phi) is 5.58. The Hall–Kier alpha value is -2.82. The van der Waals surface area contributed by atoms with Crippen LogP contribution in [-0.2, 0) is 4.74 Å². The van der Waals surface area contributed by atoms with Gasteiger partial charge in [-0.25, -0.2) is 4.79 Å². The van der Waals surface area contributed by atoms with Crippen molar-refractivity contribution in [1.82, 2.24) is 0 Å². The molecule has 5 nitrogen and oxygen atoms in total. The Morgan fingerprint density at radius 2 is 1.62 bits per heavy atom. The average molecular weight is 328 g/mol. The normalized spacial score (nSPS) is 11.5. The van der Waals surface area contributed by atoms with E-state index in [1.165, 1.54) is 7.11 Å². The van der Waals surface area contributed by atoms with Gasteiger partial charge in [-0.15, -0.1) is 0 Å². The first-order valence-corrected chi connectivity index (χ1v) is 7.50. The van der Waals surface area contributed by atoms with Crippen molar-refractivity contribution in [1.29, 1.82) is 0 Å². The maximum atomic E-state index is 12.4. The molecular formula is C19H20O5. The minimum Gasteiger partial charge on any atom is -0.497 e. The molecule has 0 aliphatic rings. The molecule has 24 heavy (non-hydrogen) atoms. The van der Waals surface area contributed by atoms with Crippen molar-refractivity contribution in [3.05, 3.63) is 59.2 Å². The van der Waals surface area contributed by atoms with Crippen LogP contribution in [0.5, 0.6) is 11.5 Å². The lowest BCUT2D eigenvalue weighted by molar-refractivity contribution is 0.0315. The van der Waals surface area contributed by atoms with Gasteiger partial charge < -0.3 is 14.2 Å². The van der Waals surface area contributed by atoms with Gasteiger partial charge in [0.1, 0.15) is 17.1 Å². The molecule has 0 aliphatic heterocycles. The second-order valence-electron chi connectivity index (χ2n) is 5.34. The van der Waals surface area contributed by atoms with E-state index >= 15 is 0 Å². The Bertz CT molecular complexity index is 734. The van der Waals surface area contributed by atoms with Crippen molar-refractivity contribution in [2.24, 2.45) is 0 Å². The molecule has 2 rings (SSSR count). The van der Waals surface area contributed by atoms with E-state index in [0.29, 0.717) is 22.6 Å². The van der Waals surface area contributed by atoms with E-state index in [-0.39, 0.29) is 5.78 Å². The summed E-state index contributed by atoms with van der Waals surface area (Å²) in [5, 5.41) is 0. The summed E-state index contributed by atoms with van der Waals surface area (Å²) in [6, 6.07) is 11.9. The second-order valence-corrected chi connectivity index (χ2v) is 5.34. The SMILES string of the molecule is COc1ccc(C(=O)[C@H](C)OC(=O)c2cc(C)ccc2OC)cc1. The number of hydrogen-bond donors (Lipinski definition) is 0. The van der Waals surface area contributed by atoms with Gasteiger partial charge in [0.05, 0.1) is 14.2 Å². The van der Waals surface area contributed by atoms with Crippen molar-refractivity contribution in [2.75, 3.05) is 14.2 Å². The van der Waals surface area contributed by atoms with Crippen molar-refractivity contribution >= 4 is 11.8 Å². The van der Waals surface area contributed by atoms with Gasteiger partial charge in [0.2, 0.25) is 5.78 Å². The number of hydrogen-bond acceptors (Lipinski definition) is 5. The number of ketones is 1. The monoisotopic (exact) mass is 328 g/mol. The first-order chi connectivity index (χ1) is 11.5. The minimum absolute atomic E-state index is 0.280. The van der Waals surface area contributed by atoms with Crippen LogP contribution >= 0.6 is 0 Å². The summed E-state index contributed by atoms with van der Waals surface area (Å²) in [5.74, 6) is 0.193. The van der Waals surface area contributed by atoms with Crippen LogP contribution in [-0.4, -0.2) is 32.1 Å². The fourth-order valence-electron chi connectivity index (χ4n) is 2.25. The van der Waals surface area contributed by atoms with Crippen molar-refractivity contribution in [2.45, 2.75) is 20.0 Å². The lowest BCUT2D eigenvalue weighted by Gasteiger charge is -2.14. The molecule has 126 valence electrons. The highest BCUT2D eigenvalue weighted by atomic mass is 16.5. The standard InChI is InChI=1S/C19H20O5/c1-12-5-10-17(23-4)16(11-12)19(21)24-13(2)18(20)14-6-8-15(22-3)9-7-14/h5-11,13H,1-4H3/t13-/m0/s1. The van der Waals surface area contributed by atoms with E-state index < -0.39 is 12.1 Å². The molecule has 0 heterocycles.